The maximum atomic E-state index is 12.6. The van der Waals surface area contributed by atoms with Crippen LogP contribution in [0.1, 0.15) is 48.2 Å². The Balaban J connectivity index is 1.41. The quantitative estimate of drug-likeness (QED) is 0.659. The second kappa shape index (κ2) is 8.50. The third-order valence-electron chi connectivity index (χ3n) is 5.16. The first-order chi connectivity index (χ1) is 13.3. The van der Waals surface area contributed by atoms with E-state index in [1.807, 2.05) is 28.9 Å². The van der Waals surface area contributed by atoms with Gasteiger partial charge in [0.05, 0.1) is 17.1 Å². The van der Waals surface area contributed by atoms with Gasteiger partial charge in [-0.3, -0.25) is 4.79 Å². The molecule has 1 fully saturated rings. The minimum Gasteiger partial charge on any atom is -0.328 e. The van der Waals surface area contributed by atoms with Gasteiger partial charge in [0.15, 0.2) is 6.54 Å². The summed E-state index contributed by atoms with van der Waals surface area (Å²) < 4.78 is 1.98. The Morgan fingerprint density at radius 1 is 1.19 bits per heavy atom. The van der Waals surface area contributed by atoms with E-state index in [0.29, 0.717) is 12.6 Å². The molecule has 0 saturated heterocycles. The van der Waals surface area contributed by atoms with Gasteiger partial charge in [-0.05, 0) is 24.3 Å². The number of benzene rings is 1. The smallest absolute Gasteiger partial charge is 0.280 e. The molecule has 0 spiro atoms. The Morgan fingerprint density at radius 3 is 2.74 bits per heavy atom. The normalized spacial score (nSPS) is 15.7. The number of nitrogens with two attached hydrogens (primary N) is 1. The lowest BCUT2D eigenvalue weighted by Crippen LogP contribution is -2.87. The summed E-state index contributed by atoms with van der Waals surface area (Å²) in [7, 11) is 0. The number of nitrogens with one attached hydrogen (secondary N) is 1. The minimum atomic E-state index is 0.00670. The number of amides is 1. The summed E-state index contributed by atoms with van der Waals surface area (Å²) in [5.41, 5.74) is 1.21. The second-order valence-electron chi connectivity index (χ2n) is 6.99. The third kappa shape index (κ3) is 4.28. The first-order valence-corrected chi connectivity index (χ1v) is 10.4. The van der Waals surface area contributed by atoms with Gasteiger partial charge in [-0.15, -0.1) is 11.3 Å². The third-order valence-corrected chi connectivity index (χ3v) is 6.11. The molecule has 3 N–H and O–H groups in total. The van der Waals surface area contributed by atoms with Gasteiger partial charge in [0.1, 0.15) is 11.9 Å². The molecule has 27 heavy (non-hydrogen) atoms. The summed E-state index contributed by atoms with van der Waals surface area (Å²) in [6.07, 6.45) is 6.54. The molecule has 0 radical (unpaired) electrons. The van der Waals surface area contributed by atoms with E-state index in [9.17, 15) is 4.79 Å². The fourth-order valence-electron chi connectivity index (χ4n) is 3.82. The molecule has 4 rings (SSSR count). The van der Waals surface area contributed by atoms with Gasteiger partial charge in [0.25, 0.3) is 5.91 Å². The Bertz CT molecular complexity index is 853. The first-order valence-electron chi connectivity index (χ1n) is 9.56. The zero-order valence-electron chi connectivity index (χ0n) is 15.3. The van der Waals surface area contributed by atoms with Crippen LogP contribution >= 0.6 is 11.3 Å². The number of quaternary nitrogens is 1. The molecular formula is C21H25N4OS+. The molecule has 1 aliphatic rings. The van der Waals surface area contributed by atoms with Crippen LogP contribution in [0, 0.1) is 0 Å². The number of nitrogens with zero attached hydrogens (tertiary/aromatic N) is 2. The van der Waals surface area contributed by atoms with Crippen molar-refractivity contribution < 1.29 is 10.1 Å². The summed E-state index contributed by atoms with van der Waals surface area (Å²) in [5, 5.41) is 11.7. The largest absolute Gasteiger partial charge is 0.328 e. The molecular weight excluding hydrogens is 356 g/mol. The van der Waals surface area contributed by atoms with Crippen molar-refractivity contribution in [1.29, 1.82) is 0 Å². The lowest BCUT2D eigenvalue weighted by Gasteiger charge is -2.16. The maximum absolute atomic E-state index is 12.6. The van der Waals surface area contributed by atoms with Crippen molar-refractivity contribution in [1.82, 2.24) is 9.78 Å². The summed E-state index contributed by atoms with van der Waals surface area (Å²) in [5.74, 6) is 0.819. The highest BCUT2D eigenvalue weighted by Gasteiger charge is 2.22. The Hall–Kier alpha value is -2.44. The van der Waals surface area contributed by atoms with Crippen LogP contribution in [0.5, 0.6) is 0 Å². The van der Waals surface area contributed by atoms with Crippen LogP contribution < -0.4 is 10.6 Å². The Kier molecular flexibility index (Phi) is 5.65. The number of rotatable bonds is 7. The number of hydrogen-bond acceptors (Lipinski definition) is 3. The topological polar surface area (TPSA) is 63.5 Å². The highest BCUT2D eigenvalue weighted by atomic mass is 32.1. The van der Waals surface area contributed by atoms with Crippen LogP contribution in [0.3, 0.4) is 0 Å². The van der Waals surface area contributed by atoms with Crippen molar-refractivity contribution in [3.05, 3.63) is 70.5 Å². The van der Waals surface area contributed by atoms with Gasteiger partial charge in [0.2, 0.25) is 0 Å². The molecule has 0 bridgehead atoms. The van der Waals surface area contributed by atoms with Gasteiger partial charge in [-0.1, -0.05) is 49.2 Å². The lowest BCUT2D eigenvalue weighted by molar-refractivity contribution is -0.675. The van der Waals surface area contributed by atoms with E-state index in [0.717, 1.165) is 18.7 Å². The summed E-state index contributed by atoms with van der Waals surface area (Å²) in [4.78, 5) is 13.9. The van der Waals surface area contributed by atoms with Crippen LogP contribution in [-0.2, 0) is 4.79 Å². The van der Waals surface area contributed by atoms with Gasteiger partial charge in [-0.2, -0.15) is 5.10 Å². The molecule has 1 aromatic carbocycles. The standard InChI is InChI=1S/C21H24N4OS/c26-20(24-19-12-13-23-25(19)17-9-4-5-10-17)15-22-21(18-11-6-14-27-18)16-7-2-1-3-8-16/h1-3,6-8,11-14,17,21-22H,4-5,9-10,15H2,(H,24,26)/p+1/t21-/m0/s1. The fourth-order valence-corrected chi connectivity index (χ4v) is 4.67. The number of anilines is 1. The summed E-state index contributed by atoms with van der Waals surface area (Å²) in [6.45, 7) is 0.368. The summed E-state index contributed by atoms with van der Waals surface area (Å²) >= 11 is 1.73. The zero-order chi connectivity index (χ0) is 18.5. The Morgan fingerprint density at radius 2 is 2.00 bits per heavy atom. The van der Waals surface area contributed by atoms with Crippen molar-refractivity contribution in [3.8, 4) is 0 Å². The highest BCUT2D eigenvalue weighted by Crippen LogP contribution is 2.31. The van der Waals surface area contributed by atoms with Crippen LogP contribution in [0.4, 0.5) is 5.82 Å². The lowest BCUT2D eigenvalue weighted by atomic mass is 10.1. The number of hydrogen-bond donors (Lipinski definition) is 2. The molecule has 1 amide bonds. The van der Waals surface area contributed by atoms with E-state index < -0.39 is 0 Å². The number of thiophene rings is 1. The van der Waals surface area contributed by atoms with Crippen molar-refractivity contribution in [2.75, 3.05) is 11.9 Å². The molecule has 3 aromatic rings. The minimum absolute atomic E-state index is 0.00670. The molecule has 1 aliphatic carbocycles. The van der Waals surface area contributed by atoms with Crippen LogP contribution in [0.15, 0.2) is 60.1 Å². The van der Waals surface area contributed by atoms with E-state index in [2.05, 4.69) is 45.4 Å². The van der Waals surface area contributed by atoms with Gasteiger partial charge in [0, 0.05) is 11.6 Å². The molecule has 0 unspecified atom stereocenters. The number of aromatic nitrogens is 2. The first kappa shape index (κ1) is 17.9. The predicted molar refractivity (Wildman–Crippen MR) is 108 cm³/mol. The van der Waals surface area contributed by atoms with Gasteiger partial charge in [-0.25, -0.2) is 4.68 Å². The molecule has 1 atom stereocenters. The van der Waals surface area contributed by atoms with E-state index in [1.54, 1.807) is 17.5 Å². The van der Waals surface area contributed by atoms with Crippen molar-refractivity contribution in [3.63, 3.8) is 0 Å². The zero-order valence-corrected chi connectivity index (χ0v) is 16.1. The average molecular weight is 382 g/mol. The highest BCUT2D eigenvalue weighted by molar-refractivity contribution is 7.10. The molecule has 2 heterocycles. The average Bonchev–Trinajstić information content (AvgIpc) is 3.45. The molecule has 2 aromatic heterocycles. The fraction of sp³-hybridized carbons (Fsp3) is 0.333. The Labute approximate surface area is 163 Å². The second-order valence-corrected chi connectivity index (χ2v) is 7.97. The maximum Gasteiger partial charge on any atom is 0.280 e. The van der Waals surface area contributed by atoms with Crippen LogP contribution in [0.2, 0.25) is 0 Å². The monoisotopic (exact) mass is 381 g/mol. The number of carbonyl (C=O) groups is 1. The van der Waals surface area contributed by atoms with E-state index in [1.165, 1.54) is 23.3 Å². The number of carbonyl (C=O) groups excluding carboxylic acids is 1. The van der Waals surface area contributed by atoms with E-state index >= 15 is 0 Å². The molecule has 6 heteroatoms. The van der Waals surface area contributed by atoms with Crippen molar-refractivity contribution in [2.24, 2.45) is 0 Å². The molecule has 1 saturated carbocycles. The van der Waals surface area contributed by atoms with Crippen LogP contribution in [0.25, 0.3) is 0 Å². The molecule has 5 nitrogen and oxygen atoms in total. The van der Waals surface area contributed by atoms with Crippen molar-refractivity contribution >= 4 is 23.1 Å². The van der Waals surface area contributed by atoms with Crippen LogP contribution in [-0.4, -0.2) is 22.2 Å². The van der Waals surface area contributed by atoms with E-state index in [-0.39, 0.29) is 11.9 Å². The SMILES string of the molecule is O=C(C[NH2+][C@@H](c1ccccc1)c1cccs1)Nc1ccnn1C1CCCC1. The molecule has 140 valence electrons. The van der Waals surface area contributed by atoms with E-state index in [4.69, 9.17) is 0 Å². The van der Waals surface area contributed by atoms with Gasteiger partial charge >= 0.3 is 0 Å². The van der Waals surface area contributed by atoms with Crippen molar-refractivity contribution in [2.45, 2.75) is 37.8 Å². The molecule has 0 aliphatic heterocycles. The van der Waals surface area contributed by atoms with Gasteiger partial charge < -0.3 is 10.6 Å². The predicted octanol–water partition coefficient (Wildman–Crippen LogP) is 3.35. The summed E-state index contributed by atoms with van der Waals surface area (Å²) in [6, 6.07) is 17.0.